The minimum Gasteiger partial charge on any atom is -0.392 e. The number of hydrogen-bond donors (Lipinski definition) is 2. The monoisotopic (exact) mass is 259 g/mol. The Labute approximate surface area is 104 Å². The quantitative estimate of drug-likeness (QED) is 0.854. The topological polar surface area (TPSA) is 32.3 Å². The lowest BCUT2D eigenvalue weighted by molar-refractivity contribution is -0.137. The zero-order chi connectivity index (χ0) is 13.6. The van der Waals surface area contributed by atoms with Gasteiger partial charge in [-0.1, -0.05) is 13.8 Å². The van der Waals surface area contributed by atoms with Crippen LogP contribution in [0.2, 0.25) is 0 Å². The SMILES string of the molecule is CC1(C)C(O)CC1Nc1ccc(C(F)(F)F)cc1. The molecule has 1 aromatic carbocycles. The van der Waals surface area contributed by atoms with Gasteiger partial charge >= 0.3 is 6.18 Å². The molecule has 0 bridgehead atoms. The van der Waals surface area contributed by atoms with Crippen molar-refractivity contribution in [2.24, 2.45) is 5.41 Å². The minimum absolute atomic E-state index is 0.0873. The highest BCUT2D eigenvalue weighted by Crippen LogP contribution is 2.42. The van der Waals surface area contributed by atoms with Gasteiger partial charge in [0.2, 0.25) is 0 Å². The van der Waals surface area contributed by atoms with Gasteiger partial charge < -0.3 is 10.4 Å². The standard InChI is InChI=1S/C13H16F3NO/c1-12(2)10(7-11(12)18)17-9-5-3-8(4-6-9)13(14,15)16/h3-6,10-11,17-18H,7H2,1-2H3. The van der Waals surface area contributed by atoms with Crippen LogP contribution in [0.15, 0.2) is 24.3 Å². The highest BCUT2D eigenvalue weighted by molar-refractivity contribution is 5.47. The van der Waals surface area contributed by atoms with E-state index < -0.39 is 11.7 Å². The van der Waals surface area contributed by atoms with Crippen molar-refractivity contribution in [3.05, 3.63) is 29.8 Å². The van der Waals surface area contributed by atoms with E-state index in [0.29, 0.717) is 12.1 Å². The van der Waals surface area contributed by atoms with Crippen LogP contribution in [0.3, 0.4) is 0 Å². The maximum absolute atomic E-state index is 12.4. The molecule has 2 unspecified atom stereocenters. The van der Waals surface area contributed by atoms with E-state index in [1.54, 1.807) is 0 Å². The largest absolute Gasteiger partial charge is 0.416 e. The summed E-state index contributed by atoms with van der Waals surface area (Å²) >= 11 is 0. The molecule has 1 aromatic rings. The Bertz CT molecular complexity index is 425. The molecule has 100 valence electrons. The van der Waals surface area contributed by atoms with Crippen molar-refractivity contribution in [1.82, 2.24) is 0 Å². The predicted octanol–water partition coefficient (Wildman–Crippen LogP) is 3.28. The van der Waals surface area contributed by atoms with E-state index >= 15 is 0 Å². The van der Waals surface area contributed by atoms with Gasteiger partial charge in [-0.05, 0) is 30.7 Å². The third-order valence-corrected chi connectivity index (χ3v) is 3.77. The van der Waals surface area contributed by atoms with Crippen molar-refractivity contribution in [3.63, 3.8) is 0 Å². The molecule has 0 aliphatic heterocycles. The predicted molar refractivity (Wildman–Crippen MR) is 63.3 cm³/mol. The number of hydrogen-bond acceptors (Lipinski definition) is 2. The first-order valence-electron chi connectivity index (χ1n) is 5.83. The van der Waals surface area contributed by atoms with Gasteiger partial charge in [0.25, 0.3) is 0 Å². The fourth-order valence-corrected chi connectivity index (χ4v) is 2.10. The summed E-state index contributed by atoms with van der Waals surface area (Å²) in [5.74, 6) is 0. The first-order valence-corrected chi connectivity index (χ1v) is 5.83. The van der Waals surface area contributed by atoms with Crippen molar-refractivity contribution in [2.75, 3.05) is 5.32 Å². The summed E-state index contributed by atoms with van der Waals surface area (Å²) in [5.41, 5.74) is -0.253. The molecule has 1 fully saturated rings. The average molecular weight is 259 g/mol. The molecule has 2 nitrogen and oxygen atoms in total. The number of rotatable bonds is 2. The Hall–Kier alpha value is -1.23. The Balaban J connectivity index is 2.04. The van der Waals surface area contributed by atoms with Crippen LogP contribution in [0.4, 0.5) is 18.9 Å². The summed E-state index contributed by atoms with van der Waals surface area (Å²) in [4.78, 5) is 0. The lowest BCUT2D eigenvalue weighted by Crippen LogP contribution is -2.56. The van der Waals surface area contributed by atoms with Gasteiger partial charge in [-0.3, -0.25) is 0 Å². The van der Waals surface area contributed by atoms with E-state index in [0.717, 1.165) is 12.1 Å². The fraction of sp³-hybridized carbons (Fsp3) is 0.538. The Morgan fingerprint density at radius 1 is 1.22 bits per heavy atom. The van der Waals surface area contributed by atoms with Crippen molar-refractivity contribution in [2.45, 2.75) is 38.6 Å². The molecule has 5 heteroatoms. The van der Waals surface area contributed by atoms with E-state index in [1.807, 2.05) is 13.8 Å². The molecular weight excluding hydrogens is 243 g/mol. The van der Waals surface area contributed by atoms with Gasteiger partial charge in [0.15, 0.2) is 0 Å². The molecule has 0 aromatic heterocycles. The molecule has 2 atom stereocenters. The number of nitrogens with one attached hydrogen (secondary N) is 1. The third kappa shape index (κ3) is 2.32. The Morgan fingerprint density at radius 2 is 1.78 bits per heavy atom. The first kappa shape index (κ1) is 13.2. The molecule has 2 N–H and O–H groups in total. The Kier molecular flexibility index (Phi) is 3.05. The van der Waals surface area contributed by atoms with Gasteiger partial charge in [0.1, 0.15) is 0 Å². The zero-order valence-corrected chi connectivity index (χ0v) is 10.3. The first-order chi connectivity index (χ1) is 8.21. The van der Waals surface area contributed by atoms with Gasteiger partial charge in [-0.25, -0.2) is 0 Å². The van der Waals surface area contributed by atoms with Gasteiger partial charge in [0.05, 0.1) is 11.7 Å². The van der Waals surface area contributed by atoms with Crippen LogP contribution in [0, 0.1) is 5.41 Å². The molecule has 0 amide bonds. The van der Waals surface area contributed by atoms with E-state index in [1.165, 1.54) is 12.1 Å². The molecule has 1 aliphatic carbocycles. The van der Waals surface area contributed by atoms with E-state index in [9.17, 15) is 18.3 Å². The van der Waals surface area contributed by atoms with Gasteiger partial charge in [-0.2, -0.15) is 13.2 Å². The second-order valence-corrected chi connectivity index (χ2v) is 5.34. The van der Waals surface area contributed by atoms with E-state index in [4.69, 9.17) is 0 Å². The number of benzene rings is 1. The fourth-order valence-electron chi connectivity index (χ4n) is 2.10. The molecular formula is C13H16F3NO. The number of alkyl halides is 3. The van der Waals surface area contributed by atoms with Crippen LogP contribution >= 0.6 is 0 Å². The molecule has 0 radical (unpaired) electrons. The second-order valence-electron chi connectivity index (χ2n) is 5.34. The number of aliphatic hydroxyl groups is 1. The highest BCUT2D eigenvalue weighted by Gasteiger charge is 2.47. The summed E-state index contributed by atoms with van der Waals surface area (Å²) in [5, 5.41) is 12.7. The second kappa shape index (κ2) is 4.16. The summed E-state index contributed by atoms with van der Waals surface area (Å²) in [6.45, 7) is 3.87. The van der Waals surface area contributed by atoms with E-state index in [2.05, 4.69) is 5.32 Å². The van der Waals surface area contributed by atoms with Crippen molar-refractivity contribution in [3.8, 4) is 0 Å². The summed E-state index contributed by atoms with van der Waals surface area (Å²) < 4.78 is 37.1. The summed E-state index contributed by atoms with van der Waals surface area (Å²) in [6.07, 6.45) is -4.04. The molecule has 0 spiro atoms. The van der Waals surface area contributed by atoms with Gasteiger partial charge in [-0.15, -0.1) is 0 Å². The average Bonchev–Trinajstić information content (AvgIpc) is 2.28. The van der Waals surface area contributed by atoms with E-state index in [-0.39, 0.29) is 17.6 Å². The van der Waals surface area contributed by atoms with Crippen LogP contribution in [-0.4, -0.2) is 17.3 Å². The number of aliphatic hydroxyl groups excluding tert-OH is 1. The maximum atomic E-state index is 12.4. The maximum Gasteiger partial charge on any atom is 0.416 e. The minimum atomic E-state index is -4.30. The smallest absolute Gasteiger partial charge is 0.392 e. The number of anilines is 1. The van der Waals surface area contributed by atoms with Crippen LogP contribution in [-0.2, 0) is 6.18 Å². The molecule has 18 heavy (non-hydrogen) atoms. The van der Waals surface area contributed by atoms with Crippen LogP contribution in [0.5, 0.6) is 0 Å². The summed E-state index contributed by atoms with van der Waals surface area (Å²) in [7, 11) is 0. The molecule has 1 aliphatic rings. The normalized spacial score (nSPS) is 26.6. The van der Waals surface area contributed by atoms with Crippen molar-refractivity contribution in [1.29, 1.82) is 0 Å². The van der Waals surface area contributed by atoms with Crippen LogP contribution in [0.1, 0.15) is 25.8 Å². The lowest BCUT2D eigenvalue weighted by atomic mass is 9.64. The molecule has 0 heterocycles. The van der Waals surface area contributed by atoms with Crippen molar-refractivity contribution < 1.29 is 18.3 Å². The summed E-state index contributed by atoms with van der Waals surface area (Å²) in [6, 6.07) is 5.05. The lowest BCUT2D eigenvalue weighted by Gasteiger charge is -2.49. The highest BCUT2D eigenvalue weighted by atomic mass is 19.4. The van der Waals surface area contributed by atoms with Crippen LogP contribution in [0.25, 0.3) is 0 Å². The molecule has 1 saturated carbocycles. The number of halogens is 3. The zero-order valence-electron chi connectivity index (χ0n) is 10.3. The third-order valence-electron chi connectivity index (χ3n) is 3.77. The van der Waals surface area contributed by atoms with Crippen LogP contribution < -0.4 is 5.32 Å². The van der Waals surface area contributed by atoms with Crippen molar-refractivity contribution >= 4 is 5.69 Å². The Morgan fingerprint density at radius 3 is 2.17 bits per heavy atom. The molecule has 0 saturated heterocycles. The molecule has 2 rings (SSSR count). The van der Waals surface area contributed by atoms with Gasteiger partial charge in [0, 0.05) is 17.1 Å².